The molecule has 1 fully saturated rings. The standard InChI is InChI=1S/C15H25N3O/c1-12-6-16-7-13(2)10-18(9-12)11-14-4-5-15(19-3)17-8-14/h4-5,8,12-13,16H,6-7,9-11H2,1-3H3. The van der Waals surface area contributed by atoms with Crippen LogP contribution >= 0.6 is 0 Å². The van der Waals surface area contributed by atoms with Crippen molar-refractivity contribution in [2.45, 2.75) is 20.4 Å². The highest BCUT2D eigenvalue weighted by molar-refractivity contribution is 5.17. The van der Waals surface area contributed by atoms with Crippen LogP contribution in [0.25, 0.3) is 0 Å². The highest BCUT2D eigenvalue weighted by Gasteiger charge is 2.17. The summed E-state index contributed by atoms with van der Waals surface area (Å²) in [6, 6.07) is 4.05. The van der Waals surface area contributed by atoms with Crippen LogP contribution in [0.3, 0.4) is 0 Å². The molecule has 1 N–H and O–H groups in total. The number of rotatable bonds is 3. The molecule has 0 spiro atoms. The molecule has 19 heavy (non-hydrogen) atoms. The van der Waals surface area contributed by atoms with Gasteiger partial charge in [-0.2, -0.15) is 0 Å². The lowest BCUT2D eigenvalue weighted by Crippen LogP contribution is -2.42. The summed E-state index contributed by atoms with van der Waals surface area (Å²) in [5.74, 6) is 2.07. The second-order valence-corrected chi connectivity index (χ2v) is 5.77. The van der Waals surface area contributed by atoms with E-state index in [0.29, 0.717) is 17.7 Å². The van der Waals surface area contributed by atoms with Gasteiger partial charge in [-0.1, -0.05) is 19.9 Å². The summed E-state index contributed by atoms with van der Waals surface area (Å²) >= 11 is 0. The van der Waals surface area contributed by atoms with Gasteiger partial charge in [0.25, 0.3) is 0 Å². The molecule has 1 aliphatic rings. The molecule has 2 heterocycles. The van der Waals surface area contributed by atoms with E-state index in [-0.39, 0.29) is 0 Å². The maximum Gasteiger partial charge on any atom is 0.212 e. The van der Waals surface area contributed by atoms with E-state index in [1.165, 1.54) is 5.56 Å². The number of hydrogen-bond acceptors (Lipinski definition) is 4. The summed E-state index contributed by atoms with van der Waals surface area (Å²) in [5, 5.41) is 3.53. The number of pyridine rings is 1. The van der Waals surface area contributed by atoms with Crippen molar-refractivity contribution in [2.75, 3.05) is 33.3 Å². The third-order valence-electron chi connectivity index (χ3n) is 3.54. The number of nitrogens with zero attached hydrogens (tertiary/aromatic N) is 2. The summed E-state index contributed by atoms with van der Waals surface area (Å²) in [6.45, 7) is 10.1. The minimum atomic E-state index is 0.683. The Morgan fingerprint density at radius 3 is 2.47 bits per heavy atom. The monoisotopic (exact) mass is 263 g/mol. The first-order valence-electron chi connectivity index (χ1n) is 7.09. The molecule has 0 saturated carbocycles. The first kappa shape index (κ1) is 14.3. The molecule has 4 heteroatoms. The van der Waals surface area contributed by atoms with E-state index in [2.05, 4.69) is 35.1 Å². The van der Waals surface area contributed by atoms with E-state index >= 15 is 0 Å². The Morgan fingerprint density at radius 2 is 1.95 bits per heavy atom. The molecular weight excluding hydrogens is 238 g/mol. The van der Waals surface area contributed by atoms with Crippen molar-refractivity contribution < 1.29 is 4.74 Å². The minimum Gasteiger partial charge on any atom is -0.481 e. The van der Waals surface area contributed by atoms with Crippen molar-refractivity contribution in [3.8, 4) is 5.88 Å². The van der Waals surface area contributed by atoms with Gasteiger partial charge < -0.3 is 10.1 Å². The van der Waals surface area contributed by atoms with Gasteiger partial charge in [-0.3, -0.25) is 4.90 Å². The second-order valence-electron chi connectivity index (χ2n) is 5.77. The Kier molecular flexibility index (Phi) is 5.16. The van der Waals surface area contributed by atoms with Gasteiger partial charge in [-0.25, -0.2) is 4.98 Å². The normalized spacial score (nSPS) is 25.6. The van der Waals surface area contributed by atoms with Crippen LogP contribution in [0.15, 0.2) is 18.3 Å². The number of methoxy groups -OCH3 is 1. The fourth-order valence-electron chi connectivity index (χ4n) is 2.67. The summed E-state index contributed by atoms with van der Waals surface area (Å²) in [4.78, 5) is 6.82. The van der Waals surface area contributed by atoms with Gasteiger partial charge in [0.15, 0.2) is 0 Å². The average molecular weight is 263 g/mol. The van der Waals surface area contributed by atoms with Crippen LogP contribution in [0.5, 0.6) is 5.88 Å². The van der Waals surface area contributed by atoms with Crippen molar-refractivity contribution >= 4 is 0 Å². The van der Waals surface area contributed by atoms with Crippen LogP contribution in [-0.4, -0.2) is 43.2 Å². The molecule has 2 rings (SSSR count). The van der Waals surface area contributed by atoms with E-state index in [0.717, 1.165) is 32.7 Å². The zero-order chi connectivity index (χ0) is 13.7. The maximum absolute atomic E-state index is 5.10. The molecule has 0 amide bonds. The summed E-state index contributed by atoms with van der Waals surface area (Å²) in [5.41, 5.74) is 1.26. The predicted octanol–water partition coefficient (Wildman–Crippen LogP) is 1.77. The van der Waals surface area contributed by atoms with Crippen molar-refractivity contribution in [2.24, 2.45) is 11.8 Å². The molecule has 1 saturated heterocycles. The fourth-order valence-corrected chi connectivity index (χ4v) is 2.67. The summed E-state index contributed by atoms with van der Waals surface area (Å²) in [6.07, 6.45) is 1.92. The van der Waals surface area contributed by atoms with Crippen molar-refractivity contribution in [1.29, 1.82) is 0 Å². The Bertz CT molecular complexity index is 367. The molecule has 0 aromatic carbocycles. The molecule has 0 bridgehead atoms. The summed E-state index contributed by atoms with van der Waals surface area (Å²) in [7, 11) is 1.65. The van der Waals surface area contributed by atoms with Crippen molar-refractivity contribution in [1.82, 2.24) is 15.2 Å². The smallest absolute Gasteiger partial charge is 0.212 e. The molecule has 2 unspecified atom stereocenters. The molecule has 2 atom stereocenters. The highest BCUT2D eigenvalue weighted by Crippen LogP contribution is 2.13. The molecule has 0 radical (unpaired) electrons. The molecule has 4 nitrogen and oxygen atoms in total. The highest BCUT2D eigenvalue weighted by atomic mass is 16.5. The van der Waals surface area contributed by atoms with Gasteiger partial charge >= 0.3 is 0 Å². The first-order chi connectivity index (χ1) is 9.17. The van der Waals surface area contributed by atoms with Crippen molar-refractivity contribution in [3.05, 3.63) is 23.9 Å². The van der Waals surface area contributed by atoms with E-state index in [1.54, 1.807) is 7.11 Å². The van der Waals surface area contributed by atoms with Gasteiger partial charge in [0.2, 0.25) is 5.88 Å². The van der Waals surface area contributed by atoms with E-state index in [1.807, 2.05) is 12.3 Å². The Morgan fingerprint density at radius 1 is 1.26 bits per heavy atom. The van der Waals surface area contributed by atoms with Crippen LogP contribution in [0.2, 0.25) is 0 Å². The van der Waals surface area contributed by atoms with Gasteiger partial charge in [-0.05, 0) is 30.5 Å². The average Bonchev–Trinajstić information content (AvgIpc) is 2.37. The Labute approximate surface area is 116 Å². The number of hydrogen-bond donors (Lipinski definition) is 1. The van der Waals surface area contributed by atoms with Crippen LogP contribution in [0.4, 0.5) is 0 Å². The van der Waals surface area contributed by atoms with Crippen LogP contribution < -0.4 is 10.1 Å². The zero-order valence-corrected chi connectivity index (χ0v) is 12.2. The van der Waals surface area contributed by atoms with Crippen LogP contribution in [0.1, 0.15) is 19.4 Å². The maximum atomic E-state index is 5.10. The van der Waals surface area contributed by atoms with Gasteiger partial charge in [-0.15, -0.1) is 0 Å². The lowest BCUT2D eigenvalue weighted by molar-refractivity contribution is 0.178. The molecule has 1 aliphatic heterocycles. The number of ether oxygens (including phenoxy) is 1. The topological polar surface area (TPSA) is 37.4 Å². The van der Waals surface area contributed by atoms with E-state index in [9.17, 15) is 0 Å². The lowest BCUT2D eigenvalue weighted by atomic mass is 10.0. The zero-order valence-electron chi connectivity index (χ0n) is 12.2. The summed E-state index contributed by atoms with van der Waals surface area (Å²) < 4.78 is 5.10. The third-order valence-corrected chi connectivity index (χ3v) is 3.54. The van der Waals surface area contributed by atoms with Crippen LogP contribution in [0, 0.1) is 11.8 Å². The van der Waals surface area contributed by atoms with Gasteiger partial charge in [0, 0.05) is 31.9 Å². The van der Waals surface area contributed by atoms with Crippen molar-refractivity contribution in [3.63, 3.8) is 0 Å². The molecule has 1 aromatic heterocycles. The minimum absolute atomic E-state index is 0.683. The Balaban J connectivity index is 1.97. The molecule has 106 valence electrons. The predicted molar refractivity (Wildman–Crippen MR) is 77.3 cm³/mol. The van der Waals surface area contributed by atoms with Crippen LogP contribution in [-0.2, 0) is 6.54 Å². The number of aromatic nitrogens is 1. The fraction of sp³-hybridized carbons (Fsp3) is 0.667. The second kappa shape index (κ2) is 6.87. The first-order valence-corrected chi connectivity index (χ1v) is 7.09. The van der Waals surface area contributed by atoms with E-state index in [4.69, 9.17) is 4.74 Å². The molecule has 1 aromatic rings. The number of nitrogens with one attached hydrogen (secondary N) is 1. The molecular formula is C15H25N3O. The third kappa shape index (κ3) is 4.48. The quantitative estimate of drug-likeness (QED) is 0.902. The van der Waals surface area contributed by atoms with Gasteiger partial charge in [0.05, 0.1) is 7.11 Å². The van der Waals surface area contributed by atoms with E-state index < -0.39 is 0 Å². The van der Waals surface area contributed by atoms with Gasteiger partial charge in [0.1, 0.15) is 0 Å². The lowest BCUT2D eigenvalue weighted by Gasteiger charge is -2.31. The Hall–Kier alpha value is -1.13. The SMILES string of the molecule is COc1ccc(CN2CC(C)CNCC(C)C2)cn1. The largest absolute Gasteiger partial charge is 0.481 e. The molecule has 0 aliphatic carbocycles.